The summed E-state index contributed by atoms with van der Waals surface area (Å²) in [5, 5.41) is 0. The summed E-state index contributed by atoms with van der Waals surface area (Å²) in [5.41, 5.74) is 0. The molecule has 0 saturated carbocycles. The van der Waals surface area contributed by atoms with Crippen molar-refractivity contribution in [3.8, 4) is 0 Å². The van der Waals surface area contributed by atoms with Crippen LogP contribution in [0.5, 0.6) is 0 Å². The second-order valence-electron chi connectivity index (χ2n) is 2.20. The molecule has 1 amide bonds. The van der Waals surface area contributed by atoms with Crippen LogP contribution in [0.2, 0.25) is 0 Å². The van der Waals surface area contributed by atoms with Crippen LogP contribution < -0.4 is 0 Å². The second-order valence-corrected chi connectivity index (χ2v) is 2.20. The molecular formula is C6H12NNaO. The van der Waals surface area contributed by atoms with Crippen LogP contribution in [0.1, 0.15) is 19.3 Å². The van der Waals surface area contributed by atoms with E-state index in [1.807, 2.05) is 4.90 Å². The SMILES string of the molecule is O=CN1CCCCC1.[NaH]. The predicted molar refractivity (Wildman–Crippen MR) is 38.6 cm³/mol. The van der Waals surface area contributed by atoms with Gasteiger partial charge in [0.2, 0.25) is 6.41 Å². The van der Waals surface area contributed by atoms with Gasteiger partial charge in [-0.15, -0.1) is 0 Å². The first kappa shape index (κ1) is 9.47. The minimum absolute atomic E-state index is 0. The fourth-order valence-electron chi connectivity index (χ4n) is 1.02. The second kappa shape index (κ2) is 5.27. The van der Waals surface area contributed by atoms with Crippen molar-refractivity contribution in [1.29, 1.82) is 0 Å². The van der Waals surface area contributed by atoms with Crippen molar-refractivity contribution in [1.82, 2.24) is 4.90 Å². The molecule has 0 aromatic heterocycles. The zero-order chi connectivity index (χ0) is 5.82. The Morgan fingerprint density at radius 2 is 1.67 bits per heavy atom. The molecule has 1 rings (SSSR count). The standard InChI is InChI=1S/C6H11NO.Na.H/c8-6-7-4-2-1-3-5-7;;/h6H,1-5H2;;. The summed E-state index contributed by atoms with van der Waals surface area (Å²) in [6.07, 6.45) is 4.63. The Kier molecular flexibility index (Phi) is 5.55. The quantitative estimate of drug-likeness (QED) is 0.367. The Morgan fingerprint density at radius 3 is 2.00 bits per heavy atom. The van der Waals surface area contributed by atoms with Crippen molar-refractivity contribution in [2.75, 3.05) is 13.1 Å². The first-order chi connectivity index (χ1) is 3.93. The van der Waals surface area contributed by atoms with E-state index >= 15 is 0 Å². The molecule has 1 saturated heterocycles. The maximum atomic E-state index is 10.1. The zero-order valence-electron chi connectivity index (χ0n) is 4.97. The third-order valence-corrected chi connectivity index (χ3v) is 1.54. The normalized spacial score (nSPS) is 18.4. The van der Waals surface area contributed by atoms with Gasteiger partial charge >= 0.3 is 29.6 Å². The molecule has 1 fully saturated rings. The van der Waals surface area contributed by atoms with E-state index in [2.05, 4.69) is 0 Å². The van der Waals surface area contributed by atoms with E-state index in [0.717, 1.165) is 19.5 Å². The predicted octanol–water partition coefficient (Wildman–Crippen LogP) is -0.0198. The number of nitrogens with zero attached hydrogens (tertiary/aromatic N) is 1. The van der Waals surface area contributed by atoms with Crippen LogP contribution in [0, 0.1) is 0 Å². The summed E-state index contributed by atoms with van der Waals surface area (Å²) < 4.78 is 0. The Bertz CT molecular complexity index is 81.1. The van der Waals surface area contributed by atoms with Gasteiger partial charge in [0.1, 0.15) is 0 Å². The van der Waals surface area contributed by atoms with Crippen molar-refractivity contribution in [3.63, 3.8) is 0 Å². The van der Waals surface area contributed by atoms with E-state index in [9.17, 15) is 4.79 Å². The van der Waals surface area contributed by atoms with Crippen LogP contribution in [0.25, 0.3) is 0 Å². The zero-order valence-corrected chi connectivity index (χ0v) is 4.97. The molecular weight excluding hydrogens is 125 g/mol. The third-order valence-electron chi connectivity index (χ3n) is 1.54. The summed E-state index contributed by atoms with van der Waals surface area (Å²) in [6, 6.07) is 0. The molecule has 1 heterocycles. The average Bonchev–Trinajstić information content (AvgIpc) is 1.90. The number of likely N-dealkylation sites (tertiary alicyclic amines) is 1. The van der Waals surface area contributed by atoms with E-state index in [1.165, 1.54) is 19.3 Å². The van der Waals surface area contributed by atoms with Crippen LogP contribution >= 0.6 is 0 Å². The van der Waals surface area contributed by atoms with Gasteiger partial charge in [-0.3, -0.25) is 4.79 Å². The number of amides is 1. The molecule has 9 heavy (non-hydrogen) atoms. The molecule has 0 aromatic rings. The molecule has 1 aliphatic rings. The molecule has 48 valence electrons. The van der Waals surface area contributed by atoms with E-state index in [-0.39, 0.29) is 29.6 Å². The molecule has 0 aromatic carbocycles. The Labute approximate surface area is 77.9 Å². The topological polar surface area (TPSA) is 20.3 Å². The van der Waals surface area contributed by atoms with Crippen molar-refractivity contribution in [3.05, 3.63) is 0 Å². The summed E-state index contributed by atoms with van der Waals surface area (Å²) in [7, 11) is 0. The van der Waals surface area contributed by atoms with Gasteiger partial charge in [0, 0.05) is 13.1 Å². The number of carbonyl (C=O) groups is 1. The fourth-order valence-corrected chi connectivity index (χ4v) is 1.02. The van der Waals surface area contributed by atoms with Gasteiger partial charge in [0.05, 0.1) is 0 Å². The average molecular weight is 137 g/mol. The molecule has 0 atom stereocenters. The van der Waals surface area contributed by atoms with Crippen LogP contribution in [0.4, 0.5) is 0 Å². The number of piperidine rings is 1. The van der Waals surface area contributed by atoms with Gasteiger partial charge in [-0.1, -0.05) is 0 Å². The van der Waals surface area contributed by atoms with Crippen LogP contribution in [-0.4, -0.2) is 54.0 Å². The van der Waals surface area contributed by atoms with E-state index < -0.39 is 0 Å². The molecule has 0 aliphatic carbocycles. The molecule has 0 N–H and O–H groups in total. The number of hydrogen-bond donors (Lipinski definition) is 0. The van der Waals surface area contributed by atoms with Crippen molar-refractivity contribution in [2.24, 2.45) is 0 Å². The van der Waals surface area contributed by atoms with Crippen LogP contribution in [0.3, 0.4) is 0 Å². The van der Waals surface area contributed by atoms with E-state index in [0.29, 0.717) is 0 Å². The third kappa shape index (κ3) is 3.23. The first-order valence-corrected chi connectivity index (χ1v) is 3.13. The molecule has 2 nitrogen and oxygen atoms in total. The van der Waals surface area contributed by atoms with Crippen molar-refractivity contribution < 1.29 is 4.79 Å². The number of carbonyl (C=O) groups excluding carboxylic acids is 1. The molecule has 3 heteroatoms. The maximum absolute atomic E-state index is 10.1. The number of rotatable bonds is 1. The van der Waals surface area contributed by atoms with E-state index in [4.69, 9.17) is 0 Å². The minimum atomic E-state index is 0. The Morgan fingerprint density at radius 1 is 1.11 bits per heavy atom. The molecule has 1 aliphatic heterocycles. The summed E-state index contributed by atoms with van der Waals surface area (Å²) in [5.74, 6) is 0. The van der Waals surface area contributed by atoms with Gasteiger partial charge in [-0.05, 0) is 19.3 Å². The van der Waals surface area contributed by atoms with Gasteiger partial charge in [-0.25, -0.2) is 0 Å². The van der Waals surface area contributed by atoms with Crippen molar-refractivity contribution >= 4 is 36.0 Å². The van der Waals surface area contributed by atoms with Crippen LogP contribution in [-0.2, 0) is 4.79 Å². The summed E-state index contributed by atoms with van der Waals surface area (Å²) in [4.78, 5) is 11.9. The van der Waals surface area contributed by atoms with Crippen molar-refractivity contribution in [2.45, 2.75) is 19.3 Å². The van der Waals surface area contributed by atoms with Gasteiger partial charge in [-0.2, -0.15) is 0 Å². The monoisotopic (exact) mass is 137 g/mol. The van der Waals surface area contributed by atoms with Gasteiger partial charge in [0.25, 0.3) is 0 Å². The van der Waals surface area contributed by atoms with Gasteiger partial charge < -0.3 is 4.90 Å². The molecule has 0 spiro atoms. The van der Waals surface area contributed by atoms with Gasteiger partial charge in [0.15, 0.2) is 0 Å². The fraction of sp³-hybridized carbons (Fsp3) is 0.833. The Hall–Kier alpha value is 0.470. The molecule has 0 radical (unpaired) electrons. The Balaban J connectivity index is 0.000000640. The summed E-state index contributed by atoms with van der Waals surface area (Å²) >= 11 is 0. The first-order valence-electron chi connectivity index (χ1n) is 3.13. The number of hydrogen-bond acceptors (Lipinski definition) is 1. The van der Waals surface area contributed by atoms with Crippen LogP contribution in [0.15, 0.2) is 0 Å². The van der Waals surface area contributed by atoms with E-state index in [1.54, 1.807) is 0 Å². The summed E-state index contributed by atoms with van der Waals surface area (Å²) in [6.45, 7) is 1.95. The molecule has 0 bridgehead atoms. The molecule has 0 unspecified atom stereocenters.